The lowest BCUT2D eigenvalue weighted by atomic mass is 10.1. The van der Waals surface area contributed by atoms with Gasteiger partial charge in [0.15, 0.2) is 0 Å². The van der Waals surface area contributed by atoms with Crippen LogP contribution in [0.2, 0.25) is 0 Å². The lowest BCUT2D eigenvalue weighted by Crippen LogP contribution is -2.16. The Bertz CT molecular complexity index is 802. The van der Waals surface area contributed by atoms with Crippen molar-refractivity contribution >= 4 is 5.78 Å². The Balaban J connectivity index is 2.35. The second-order valence-electron chi connectivity index (χ2n) is 4.20. The summed E-state index contributed by atoms with van der Waals surface area (Å²) in [6, 6.07) is 3.62. The molecule has 0 aliphatic heterocycles. The highest BCUT2D eigenvalue weighted by Crippen LogP contribution is 2.38. The molecule has 102 valence electrons. The molecule has 3 nitrogen and oxygen atoms in total. The molecule has 1 aromatic carbocycles. The van der Waals surface area contributed by atoms with Gasteiger partial charge in [-0.25, -0.2) is 9.18 Å². The minimum atomic E-state index is -4.85. The Hall–Kier alpha value is -2.44. The Labute approximate surface area is 108 Å². The van der Waals surface area contributed by atoms with Crippen molar-refractivity contribution in [3.63, 3.8) is 0 Å². The van der Waals surface area contributed by atoms with Crippen LogP contribution in [0.4, 0.5) is 17.6 Å². The fraction of sp³-hybridized carbons (Fsp3) is 0.0769. The molecule has 3 rings (SSSR count). The third kappa shape index (κ3) is 1.66. The maximum atomic E-state index is 13.1. The average Bonchev–Trinajstić information content (AvgIpc) is 2.62. The number of rotatable bonds is 0. The lowest BCUT2D eigenvalue weighted by molar-refractivity contribution is -0.154. The van der Waals surface area contributed by atoms with Gasteiger partial charge in [-0.05, 0) is 23.8 Å². The zero-order chi connectivity index (χ0) is 14.7. The van der Waals surface area contributed by atoms with Crippen LogP contribution >= 0.6 is 0 Å². The van der Waals surface area contributed by atoms with E-state index in [-0.39, 0.29) is 16.7 Å². The van der Waals surface area contributed by atoms with Crippen molar-refractivity contribution in [3.05, 3.63) is 57.4 Å². The van der Waals surface area contributed by atoms with Crippen molar-refractivity contribution in [1.82, 2.24) is 0 Å². The molecule has 0 unspecified atom stereocenters. The quantitative estimate of drug-likeness (QED) is 0.596. The SMILES string of the molecule is O=C1c2cc(F)ccc2-c2cc(C(F)(F)F)oc(=O)c21. The second-order valence-corrected chi connectivity index (χ2v) is 4.20. The molecule has 1 aliphatic carbocycles. The Morgan fingerprint density at radius 1 is 0.950 bits per heavy atom. The van der Waals surface area contributed by atoms with Crippen molar-refractivity contribution in [1.29, 1.82) is 0 Å². The number of ketones is 1. The first-order valence-corrected chi connectivity index (χ1v) is 5.39. The molecule has 0 bridgehead atoms. The number of fused-ring (bicyclic) bond motifs is 3. The van der Waals surface area contributed by atoms with Gasteiger partial charge in [0, 0.05) is 11.1 Å². The molecule has 0 N–H and O–H groups in total. The van der Waals surface area contributed by atoms with Crippen LogP contribution in [-0.2, 0) is 6.18 Å². The first-order chi connectivity index (χ1) is 9.29. The molecule has 0 atom stereocenters. The standard InChI is InChI=1S/C13H4F4O3/c14-5-1-2-6-7-4-9(13(15,16)17)20-12(19)10(7)11(18)8(6)3-5/h1-4H. The number of halogens is 4. The second kappa shape index (κ2) is 3.78. The van der Waals surface area contributed by atoms with Crippen LogP contribution in [0, 0.1) is 5.82 Å². The fourth-order valence-electron chi connectivity index (χ4n) is 2.13. The highest BCUT2D eigenvalue weighted by Gasteiger charge is 2.39. The average molecular weight is 284 g/mol. The molecule has 0 saturated carbocycles. The number of hydrogen-bond acceptors (Lipinski definition) is 3. The molecule has 1 aliphatic rings. The normalized spacial score (nSPS) is 13.3. The summed E-state index contributed by atoms with van der Waals surface area (Å²) < 4.78 is 55.0. The molecule has 7 heteroatoms. The third-order valence-electron chi connectivity index (χ3n) is 2.97. The molecular weight excluding hydrogens is 280 g/mol. The van der Waals surface area contributed by atoms with E-state index in [1.807, 2.05) is 0 Å². The van der Waals surface area contributed by atoms with Crippen molar-refractivity contribution in [2.24, 2.45) is 0 Å². The zero-order valence-corrected chi connectivity index (χ0v) is 9.55. The summed E-state index contributed by atoms with van der Waals surface area (Å²) >= 11 is 0. The van der Waals surface area contributed by atoms with E-state index in [1.54, 1.807) is 0 Å². The number of benzene rings is 1. The molecular formula is C13H4F4O3. The van der Waals surface area contributed by atoms with Gasteiger partial charge in [-0.2, -0.15) is 13.2 Å². The molecule has 20 heavy (non-hydrogen) atoms. The Morgan fingerprint density at radius 2 is 1.65 bits per heavy atom. The summed E-state index contributed by atoms with van der Waals surface area (Å²) in [7, 11) is 0. The molecule has 2 aromatic rings. The Kier molecular flexibility index (Phi) is 2.38. The van der Waals surface area contributed by atoms with E-state index in [0.29, 0.717) is 6.07 Å². The maximum absolute atomic E-state index is 13.1. The highest BCUT2D eigenvalue weighted by molar-refractivity contribution is 6.21. The number of alkyl halides is 3. The molecule has 0 saturated heterocycles. The fourth-order valence-corrected chi connectivity index (χ4v) is 2.13. The van der Waals surface area contributed by atoms with E-state index in [9.17, 15) is 27.2 Å². The van der Waals surface area contributed by atoms with Gasteiger partial charge < -0.3 is 4.42 Å². The molecule has 0 fully saturated rings. The van der Waals surface area contributed by atoms with Gasteiger partial charge in [0.1, 0.15) is 11.4 Å². The predicted molar refractivity (Wildman–Crippen MR) is 58.8 cm³/mol. The summed E-state index contributed by atoms with van der Waals surface area (Å²) in [5.74, 6) is -3.05. The largest absolute Gasteiger partial charge is 0.449 e. The molecule has 0 amide bonds. The van der Waals surface area contributed by atoms with Crippen LogP contribution in [0.15, 0.2) is 33.5 Å². The summed E-state index contributed by atoms with van der Waals surface area (Å²) in [5, 5.41) is 0. The first-order valence-electron chi connectivity index (χ1n) is 5.39. The van der Waals surface area contributed by atoms with Gasteiger partial charge in [-0.3, -0.25) is 4.79 Å². The highest BCUT2D eigenvalue weighted by atomic mass is 19.4. The summed E-state index contributed by atoms with van der Waals surface area (Å²) in [4.78, 5) is 23.5. The monoisotopic (exact) mass is 284 g/mol. The Morgan fingerprint density at radius 3 is 2.30 bits per heavy atom. The smallest absolute Gasteiger partial charge is 0.418 e. The van der Waals surface area contributed by atoms with E-state index in [1.165, 1.54) is 0 Å². The van der Waals surface area contributed by atoms with E-state index < -0.39 is 34.7 Å². The molecule has 0 spiro atoms. The summed E-state index contributed by atoms with van der Waals surface area (Å²) in [6.45, 7) is 0. The predicted octanol–water partition coefficient (Wildman–Crippen LogP) is 3.01. The van der Waals surface area contributed by atoms with Crippen LogP contribution in [0.5, 0.6) is 0 Å². The van der Waals surface area contributed by atoms with Crippen LogP contribution in [0.3, 0.4) is 0 Å². The van der Waals surface area contributed by atoms with Crippen LogP contribution in [0.1, 0.15) is 21.7 Å². The minimum absolute atomic E-state index is 0.0878. The zero-order valence-electron chi connectivity index (χ0n) is 9.55. The van der Waals surface area contributed by atoms with Gasteiger partial charge in [0.25, 0.3) is 0 Å². The van der Waals surface area contributed by atoms with Gasteiger partial charge in [-0.15, -0.1) is 0 Å². The van der Waals surface area contributed by atoms with Crippen molar-refractivity contribution in [3.8, 4) is 11.1 Å². The number of carbonyl (C=O) groups excluding carboxylic acids is 1. The first kappa shape index (κ1) is 12.6. The van der Waals surface area contributed by atoms with E-state index in [4.69, 9.17) is 0 Å². The molecule has 0 radical (unpaired) electrons. The van der Waals surface area contributed by atoms with Gasteiger partial charge in [0.05, 0.1) is 0 Å². The van der Waals surface area contributed by atoms with Gasteiger partial charge in [0.2, 0.25) is 11.5 Å². The minimum Gasteiger partial charge on any atom is -0.418 e. The molecule has 1 heterocycles. The lowest BCUT2D eigenvalue weighted by Gasteiger charge is -2.06. The third-order valence-corrected chi connectivity index (χ3v) is 2.97. The van der Waals surface area contributed by atoms with Crippen molar-refractivity contribution < 1.29 is 26.8 Å². The van der Waals surface area contributed by atoms with Crippen molar-refractivity contribution in [2.45, 2.75) is 6.18 Å². The van der Waals surface area contributed by atoms with E-state index in [2.05, 4.69) is 4.42 Å². The van der Waals surface area contributed by atoms with E-state index in [0.717, 1.165) is 18.2 Å². The molecule has 1 aromatic heterocycles. The van der Waals surface area contributed by atoms with Crippen LogP contribution in [-0.4, -0.2) is 5.78 Å². The van der Waals surface area contributed by atoms with Gasteiger partial charge in [-0.1, -0.05) is 6.07 Å². The van der Waals surface area contributed by atoms with Crippen molar-refractivity contribution in [2.75, 3.05) is 0 Å². The van der Waals surface area contributed by atoms with Gasteiger partial charge >= 0.3 is 11.8 Å². The number of carbonyl (C=O) groups is 1. The topological polar surface area (TPSA) is 47.3 Å². The summed E-state index contributed by atoms with van der Waals surface area (Å²) in [6.07, 6.45) is -4.85. The van der Waals surface area contributed by atoms with Crippen LogP contribution in [0.25, 0.3) is 11.1 Å². The van der Waals surface area contributed by atoms with E-state index >= 15 is 0 Å². The van der Waals surface area contributed by atoms with Crippen LogP contribution < -0.4 is 5.63 Å². The summed E-state index contributed by atoms with van der Waals surface area (Å²) in [5.41, 5.74) is -2.12. The maximum Gasteiger partial charge on any atom is 0.449 e. The number of hydrogen-bond donors (Lipinski definition) is 0.